The first-order valence-corrected chi connectivity index (χ1v) is 7.31. The minimum Gasteiger partial charge on any atom is -0.481 e. The fourth-order valence-electron chi connectivity index (χ4n) is 2.38. The van der Waals surface area contributed by atoms with Gasteiger partial charge < -0.3 is 5.11 Å². The Morgan fingerprint density at radius 2 is 2.05 bits per heavy atom. The summed E-state index contributed by atoms with van der Waals surface area (Å²) in [6.07, 6.45) is 2.96. The zero-order valence-electron chi connectivity index (χ0n) is 10.5. The Labute approximate surface area is 115 Å². The van der Waals surface area contributed by atoms with Gasteiger partial charge in [0.05, 0.1) is 12.1 Å². The van der Waals surface area contributed by atoms with Gasteiger partial charge in [0.25, 0.3) is 0 Å². The molecule has 2 aromatic rings. The topological polar surface area (TPSA) is 50.2 Å². The van der Waals surface area contributed by atoms with Crippen molar-refractivity contribution in [3.8, 4) is 0 Å². The van der Waals surface area contributed by atoms with Crippen LogP contribution in [0.4, 0.5) is 0 Å². The van der Waals surface area contributed by atoms with Crippen LogP contribution >= 0.6 is 11.3 Å². The molecule has 0 aliphatic heterocycles. The first kappa shape index (κ1) is 12.4. The van der Waals surface area contributed by atoms with E-state index in [0.29, 0.717) is 6.42 Å². The van der Waals surface area contributed by atoms with Crippen LogP contribution in [0.15, 0.2) is 35.7 Å². The van der Waals surface area contributed by atoms with Crippen molar-refractivity contribution in [1.82, 2.24) is 4.98 Å². The van der Waals surface area contributed by atoms with Gasteiger partial charge in [-0.05, 0) is 18.4 Å². The van der Waals surface area contributed by atoms with E-state index in [2.05, 4.69) is 29.2 Å². The molecule has 0 spiro atoms. The summed E-state index contributed by atoms with van der Waals surface area (Å²) in [6, 6.07) is 10.5. The third kappa shape index (κ3) is 2.40. The number of nitrogens with zero attached hydrogens (tertiary/aromatic N) is 1. The summed E-state index contributed by atoms with van der Waals surface area (Å²) in [5, 5.41) is 11.8. The Morgan fingerprint density at radius 1 is 1.32 bits per heavy atom. The maximum absolute atomic E-state index is 10.6. The Kier molecular flexibility index (Phi) is 3.11. The molecule has 0 atom stereocenters. The molecule has 1 fully saturated rings. The molecule has 1 N–H and O–H groups in total. The van der Waals surface area contributed by atoms with Crippen molar-refractivity contribution in [1.29, 1.82) is 0 Å². The second kappa shape index (κ2) is 4.78. The number of thiazole rings is 1. The Morgan fingerprint density at radius 3 is 2.68 bits per heavy atom. The SMILES string of the molecule is O=C(O)CCc1csc(C2(c3ccccc3)CC2)n1. The quantitative estimate of drug-likeness (QED) is 0.909. The number of carbonyl (C=O) groups is 1. The lowest BCUT2D eigenvalue weighted by Crippen LogP contribution is -2.08. The van der Waals surface area contributed by atoms with Gasteiger partial charge in [-0.25, -0.2) is 4.98 Å². The van der Waals surface area contributed by atoms with E-state index >= 15 is 0 Å². The molecular formula is C15H15NO2S. The zero-order chi connectivity index (χ0) is 13.3. The number of carboxylic acid groups (broad SMARTS) is 1. The molecule has 0 amide bonds. The number of aryl methyl sites for hydroxylation is 1. The first-order chi connectivity index (χ1) is 9.21. The van der Waals surface area contributed by atoms with Crippen molar-refractivity contribution in [3.05, 3.63) is 52.0 Å². The number of hydrogen-bond donors (Lipinski definition) is 1. The number of aliphatic carboxylic acids is 1. The minimum absolute atomic E-state index is 0.105. The van der Waals surface area contributed by atoms with E-state index in [1.54, 1.807) is 11.3 Å². The molecule has 3 rings (SSSR count). The predicted octanol–water partition coefficient (Wildman–Crippen LogP) is 3.24. The second-order valence-electron chi connectivity index (χ2n) is 4.99. The van der Waals surface area contributed by atoms with Crippen molar-refractivity contribution in [2.45, 2.75) is 31.1 Å². The highest BCUT2D eigenvalue weighted by molar-refractivity contribution is 7.09. The summed E-state index contributed by atoms with van der Waals surface area (Å²) in [5.41, 5.74) is 2.34. The molecule has 4 heteroatoms. The van der Waals surface area contributed by atoms with Crippen molar-refractivity contribution >= 4 is 17.3 Å². The Balaban J connectivity index is 1.81. The maximum atomic E-state index is 10.6. The van der Waals surface area contributed by atoms with E-state index in [1.165, 1.54) is 5.56 Å². The fraction of sp³-hybridized carbons (Fsp3) is 0.333. The van der Waals surface area contributed by atoms with Gasteiger partial charge in [-0.2, -0.15) is 0 Å². The molecule has 1 aromatic carbocycles. The number of aromatic nitrogens is 1. The lowest BCUT2D eigenvalue weighted by Gasteiger charge is -2.12. The lowest BCUT2D eigenvalue weighted by atomic mass is 9.97. The van der Waals surface area contributed by atoms with Gasteiger partial charge in [0.2, 0.25) is 0 Å². The molecule has 0 radical (unpaired) electrons. The highest BCUT2D eigenvalue weighted by Crippen LogP contribution is 2.54. The van der Waals surface area contributed by atoms with Gasteiger partial charge in [0.15, 0.2) is 0 Å². The Bertz CT molecular complexity index is 587. The average Bonchev–Trinajstić information content (AvgIpc) is 3.10. The maximum Gasteiger partial charge on any atom is 0.303 e. The van der Waals surface area contributed by atoms with Crippen LogP contribution < -0.4 is 0 Å². The van der Waals surface area contributed by atoms with Crippen LogP contribution in [-0.4, -0.2) is 16.1 Å². The van der Waals surface area contributed by atoms with Gasteiger partial charge in [-0.15, -0.1) is 11.3 Å². The van der Waals surface area contributed by atoms with Crippen LogP contribution in [-0.2, 0) is 16.6 Å². The molecule has 98 valence electrons. The third-order valence-electron chi connectivity index (χ3n) is 3.63. The monoisotopic (exact) mass is 273 g/mol. The highest BCUT2D eigenvalue weighted by atomic mass is 32.1. The summed E-state index contributed by atoms with van der Waals surface area (Å²) in [6.45, 7) is 0. The first-order valence-electron chi connectivity index (χ1n) is 6.43. The van der Waals surface area contributed by atoms with Gasteiger partial charge in [0, 0.05) is 17.2 Å². The summed E-state index contributed by atoms with van der Waals surface area (Å²) in [5.74, 6) is -0.765. The van der Waals surface area contributed by atoms with E-state index in [4.69, 9.17) is 5.11 Å². The van der Waals surface area contributed by atoms with Crippen LogP contribution in [0.2, 0.25) is 0 Å². The van der Waals surface area contributed by atoms with Crippen molar-refractivity contribution in [2.24, 2.45) is 0 Å². The van der Waals surface area contributed by atoms with Crippen LogP contribution in [0.5, 0.6) is 0 Å². The third-order valence-corrected chi connectivity index (χ3v) is 4.73. The molecule has 0 bridgehead atoms. The van der Waals surface area contributed by atoms with Crippen LogP contribution in [0.1, 0.15) is 35.5 Å². The van der Waals surface area contributed by atoms with E-state index in [9.17, 15) is 4.79 Å². The number of hydrogen-bond acceptors (Lipinski definition) is 3. The van der Waals surface area contributed by atoms with E-state index in [1.807, 2.05) is 11.4 Å². The number of rotatable bonds is 5. The minimum atomic E-state index is -0.765. The molecule has 1 aliphatic carbocycles. The molecular weight excluding hydrogens is 258 g/mol. The summed E-state index contributed by atoms with van der Waals surface area (Å²) < 4.78 is 0. The molecule has 1 saturated carbocycles. The fourth-order valence-corrected chi connectivity index (χ4v) is 3.52. The van der Waals surface area contributed by atoms with E-state index in [-0.39, 0.29) is 11.8 Å². The van der Waals surface area contributed by atoms with Gasteiger partial charge in [-0.1, -0.05) is 30.3 Å². The zero-order valence-corrected chi connectivity index (χ0v) is 11.3. The molecule has 3 nitrogen and oxygen atoms in total. The number of carboxylic acids is 1. The number of benzene rings is 1. The summed E-state index contributed by atoms with van der Waals surface area (Å²) in [7, 11) is 0. The molecule has 1 aromatic heterocycles. The van der Waals surface area contributed by atoms with Crippen molar-refractivity contribution < 1.29 is 9.90 Å². The van der Waals surface area contributed by atoms with E-state index in [0.717, 1.165) is 23.5 Å². The highest BCUT2D eigenvalue weighted by Gasteiger charge is 2.48. The van der Waals surface area contributed by atoms with Crippen LogP contribution in [0.25, 0.3) is 0 Å². The molecule has 1 aliphatic rings. The van der Waals surface area contributed by atoms with Crippen LogP contribution in [0, 0.1) is 0 Å². The van der Waals surface area contributed by atoms with Crippen molar-refractivity contribution in [2.75, 3.05) is 0 Å². The average molecular weight is 273 g/mol. The predicted molar refractivity (Wildman–Crippen MR) is 74.5 cm³/mol. The molecule has 19 heavy (non-hydrogen) atoms. The molecule has 0 unspecified atom stereocenters. The van der Waals surface area contributed by atoms with E-state index < -0.39 is 5.97 Å². The van der Waals surface area contributed by atoms with Crippen LogP contribution in [0.3, 0.4) is 0 Å². The molecule has 1 heterocycles. The second-order valence-corrected chi connectivity index (χ2v) is 5.84. The summed E-state index contributed by atoms with van der Waals surface area (Å²) in [4.78, 5) is 15.2. The lowest BCUT2D eigenvalue weighted by molar-refractivity contribution is -0.136. The standard InChI is InChI=1S/C15H15NO2S/c17-13(18)7-6-12-10-19-14(16-12)15(8-9-15)11-4-2-1-3-5-11/h1-5,10H,6-9H2,(H,17,18). The van der Waals surface area contributed by atoms with Crippen molar-refractivity contribution in [3.63, 3.8) is 0 Å². The van der Waals surface area contributed by atoms with Gasteiger partial charge in [-0.3, -0.25) is 4.79 Å². The smallest absolute Gasteiger partial charge is 0.303 e. The summed E-state index contributed by atoms with van der Waals surface area (Å²) >= 11 is 1.66. The normalized spacial score (nSPS) is 16.2. The van der Waals surface area contributed by atoms with Gasteiger partial charge >= 0.3 is 5.97 Å². The molecule has 0 saturated heterocycles. The Hall–Kier alpha value is -1.68. The largest absolute Gasteiger partial charge is 0.481 e. The van der Waals surface area contributed by atoms with Gasteiger partial charge in [0.1, 0.15) is 5.01 Å².